The molecule has 1 aliphatic heterocycles. The van der Waals surface area contributed by atoms with Crippen molar-refractivity contribution >= 4 is 25.0 Å². The maximum absolute atomic E-state index is 6.07. The van der Waals surface area contributed by atoms with Crippen LogP contribution in [-0.2, 0) is 15.9 Å². The van der Waals surface area contributed by atoms with Crippen LogP contribution >= 0.6 is 12.4 Å². The Balaban J connectivity index is 0.00000176. The Morgan fingerprint density at radius 3 is 2.09 bits per heavy atom. The van der Waals surface area contributed by atoms with Gasteiger partial charge < -0.3 is 14.6 Å². The highest BCUT2D eigenvalue weighted by Gasteiger charge is 2.51. The van der Waals surface area contributed by atoms with Crippen LogP contribution in [0.4, 0.5) is 0 Å². The van der Waals surface area contributed by atoms with Gasteiger partial charge in [-0.3, -0.25) is 0 Å². The fourth-order valence-corrected chi connectivity index (χ4v) is 2.51. The van der Waals surface area contributed by atoms with Gasteiger partial charge in [0.15, 0.2) is 0 Å². The van der Waals surface area contributed by atoms with Gasteiger partial charge in [-0.2, -0.15) is 0 Å². The zero-order valence-corrected chi connectivity index (χ0v) is 14.8. The Bertz CT molecular complexity index is 484. The molecule has 3 rings (SSSR count). The first-order valence-electron chi connectivity index (χ1n) is 8.03. The van der Waals surface area contributed by atoms with Crippen molar-refractivity contribution in [1.29, 1.82) is 0 Å². The van der Waals surface area contributed by atoms with Crippen molar-refractivity contribution in [1.82, 2.24) is 5.32 Å². The van der Waals surface area contributed by atoms with Gasteiger partial charge in [0.2, 0.25) is 0 Å². The van der Waals surface area contributed by atoms with Gasteiger partial charge in [0, 0.05) is 6.54 Å². The van der Waals surface area contributed by atoms with E-state index in [2.05, 4.69) is 57.3 Å². The van der Waals surface area contributed by atoms with Crippen LogP contribution in [0.5, 0.6) is 0 Å². The van der Waals surface area contributed by atoms with Crippen molar-refractivity contribution in [3.8, 4) is 0 Å². The molecule has 1 N–H and O–H groups in total. The molecule has 0 unspecified atom stereocenters. The molecule has 3 nitrogen and oxygen atoms in total. The predicted molar refractivity (Wildman–Crippen MR) is 93.8 cm³/mol. The van der Waals surface area contributed by atoms with Crippen molar-refractivity contribution < 1.29 is 9.31 Å². The molecule has 1 heterocycles. The summed E-state index contributed by atoms with van der Waals surface area (Å²) in [5.41, 5.74) is 1.86. The van der Waals surface area contributed by atoms with E-state index in [1.807, 2.05) is 0 Å². The van der Waals surface area contributed by atoms with Crippen LogP contribution in [0.15, 0.2) is 24.3 Å². The summed E-state index contributed by atoms with van der Waals surface area (Å²) in [5, 5.41) is 3.52. The molecule has 1 aliphatic carbocycles. The lowest BCUT2D eigenvalue weighted by molar-refractivity contribution is 0.00578. The highest BCUT2D eigenvalue weighted by molar-refractivity contribution is 6.62. The number of halogens is 1. The van der Waals surface area contributed by atoms with Crippen molar-refractivity contribution in [2.45, 2.75) is 58.3 Å². The van der Waals surface area contributed by atoms with E-state index in [9.17, 15) is 0 Å². The average molecular weight is 324 g/mol. The van der Waals surface area contributed by atoms with Crippen LogP contribution in [0.1, 0.15) is 46.1 Å². The van der Waals surface area contributed by atoms with Gasteiger partial charge in [-0.1, -0.05) is 24.3 Å². The molecule has 0 radical (unpaired) electrons. The zero-order valence-electron chi connectivity index (χ0n) is 14.0. The molecule has 122 valence electrons. The van der Waals surface area contributed by atoms with Crippen molar-refractivity contribution in [3.63, 3.8) is 0 Å². The van der Waals surface area contributed by atoms with Crippen molar-refractivity contribution in [2.75, 3.05) is 6.54 Å². The minimum Gasteiger partial charge on any atom is -0.399 e. The number of hydrogen-bond acceptors (Lipinski definition) is 3. The molecule has 5 heteroatoms. The van der Waals surface area contributed by atoms with Crippen LogP contribution in [0, 0.1) is 5.92 Å². The van der Waals surface area contributed by atoms with Crippen LogP contribution in [0.25, 0.3) is 0 Å². The molecule has 0 amide bonds. The fourth-order valence-electron chi connectivity index (χ4n) is 2.51. The van der Waals surface area contributed by atoms with Crippen LogP contribution in [0.2, 0.25) is 0 Å². The Kier molecular flexibility index (Phi) is 5.28. The molecular formula is C17H27BClNO2. The number of benzene rings is 1. The second-order valence-corrected chi connectivity index (χ2v) is 7.40. The predicted octanol–water partition coefficient (Wildman–Crippen LogP) is 2.91. The summed E-state index contributed by atoms with van der Waals surface area (Å²) in [6.45, 7) is 10.4. The van der Waals surface area contributed by atoms with E-state index >= 15 is 0 Å². The Labute approximate surface area is 140 Å². The first-order chi connectivity index (χ1) is 9.87. The van der Waals surface area contributed by atoms with Gasteiger partial charge in [-0.15, -0.1) is 12.4 Å². The third-order valence-corrected chi connectivity index (χ3v) is 4.96. The zero-order chi connectivity index (χ0) is 15.1. The van der Waals surface area contributed by atoms with E-state index in [4.69, 9.17) is 9.31 Å². The molecule has 0 atom stereocenters. The topological polar surface area (TPSA) is 30.5 Å². The summed E-state index contributed by atoms with van der Waals surface area (Å²) < 4.78 is 12.1. The van der Waals surface area contributed by atoms with Gasteiger partial charge in [-0.25, -0.2) is 0 Å². The monoisotopic (exact) mass is 323 g/mol. The Morgan fingerprint density at radius 1 is 1.05 bits per heavy atom. The average Bonchev–Trinajstić information content (AvgIpc) is 3.18. The normalized spacial score (nSPS) is 22.5. The van der Waals surface area contributed by atoms with Gasteiger partial charge in [0.25, 0.3) is 0 Å². The lowest BCUT2D eigenvalue weighted by Gasteiger charge is -2.32. The summed E-state index contributed by atoms with van der Waals surface area (Å²) in [7, 11) is -0.261. The number of rotatable bonds is 5. The van der Waals surface area contributed by atoms with Gasteiger partial charge in [0.1, 0.15) is 0 Å². The third kappa shape index (κ3) is 3.86. The highest BCUT2D eigenvalue weighted by atomic mass is 35.5. The summed E-state index contributed by atoms with van der Waals surface area (Å²) in [5.74, 6) is 0.925. The van der Waals surface area contributed by atoms with E-state index in [1.165, 1.54) is 18.4 Å². The lowest BCUT2D eigenvalue weighted by Crippen LogP contribution is -2.41. The minimum absolute atomic E-state index is 0. The molecule has 22 heavy (non-hydrogen) atoms. The highest BCUT2D eigenvalue weighted by Crippen LogP contribution is 2.36. The summed E-state index contributed by atoms with van der Waals surface area (Å²) >= 11 is 0. The SMILES string of the molecule is CC1(C)OB(c2ccc(CNCC3CC3)cc2)OC1(C)C.Cl. The minimum atomic E-state index is -0.276. The molecule has 1 saturated heterocycles. The van der Waals surface area contributed by atoms with Gasteiger partial charge in [0.05, 0.1) is 11.2 Å². The third-order valence-electron chi connectivity index (χ3n) is 4.96. The van der Waals surface area contributed by atoms with Crippen LogP contribution < -0.4 is 10.8 Å². The number of hydrogen-bond donors (Lipinski definition) is 1. The molecule has 1 aromatic rings. The first kappa shape index (κ1) is 17.8. The number of nitrogens with one attached hydrogen (secondary N) is 1. The van der Waals surface area contributed by atoms with E-state index in [-0.39, 0.29) is 30.7 Å². The molecule has 0 aromatic heterocycles. The van der Waals surface area contributed by atoms with Crippen LogP contribution in [0.3, 0.4) is 0 Å². The largest absolute Gasteiger partial charge is 0.494 e. The quantitative estimate of drug-likeness (QED) is 0.845. The molecule has 2 fully saturated rings. The van der Waals surface area contributed by atoms with Crippen molar-refractivity contribution in [3.05, 3.63) is 29.8 Å². The Morgan fingerprint density at radius 2 is 1.59 bits per heavy atom. The van der Waals surface area contributed by atoms with Crippen molar-refractivity contribution in [2.24, 2.45) is 5.92 Å². The molecule has 2 aliphatic rings. The van der Waals surface area contributed by atoms with E-state index < -0.39 is 0 Å². The summed E-state index contributed by atoms with van der Waals surface area (Å²) in [6.07, 6.45) is 2.79. The summed E-state index contributed by atoms with van der Waals surface area (Å²) in [6, 6.07) is 8.58. The van der Waals surface area contributed by atoms with E-state index in [1.54, 1.807) is 0 Å². The van der Waals surface area contributed by atoms with E-state index in [0.717, 1.165) is 24.5 Å². The standard InChI is InChI=1S/C17H26BNO2.ClH/c1-16(2)17(3,4)21-18(20-16)15-9-7-14(8-10-15)12-19-11-13-5-6-13;/h7-10,13,19H,5-6,11-12H2,1-4H3;1H. The maximum Gasteiger partial charge on any atom is 0.494 e. The second kappa shape index (κ2) is 6.52. The van der Waals surface area contributed by atoms with Gasteiger partial charge in [-0.05, 0) is 64.0 Å². The molecule has 0 bridgehead atoms. The summed E-state index contributed by atoms with van der Waals surface area (Å²) in [4.78, 5) is 0. The molecule has 0 spiro atoms. The van der Waals surface area contributed by atoms with E-state index in [0.29, 0.717) is 0 Å². The molecule has 1 saturated carbocycles. The van der Waals surface area contributed by atoms with Crippen LogP contribution in [-0.4, -0.2) is 24.9 Å². The smallest absolute Gasteiger partial charge is 0.399 e. The maximum atomic E-state index is 6.07. The fraction of sp³-hybridized carbons (Fsp3) is 0.647. The van der Waals surface area contributed by atoms with Gasteiger partial charge >= 0.3 is 7.12 Å². The molecular weight excluding hydrogens is 296 g/mol. The molecule has 1 aromatic carbocycles. The Hall–Kier alpha value is -0.545. The lowest BCUT2D eigenvalue weighted by atomic mass is 9.79. The first-order valence-corrected chi connectivity index (χ1v) is 8.03. The second-order valence-electron chi connectivity index (χ2n) is 7.40.